The van der Waals surface area contributed by atoms with Gasteiger partial charge < -0.3 is 10.6 Å². The molecular weight excluding hydrogens is 222 g/mol. The average Bonchev–Trinajstić information content (AvgIpc) is 2.25. The molecule has 0 aromatic carbocycles. The lowest BCUT2D eigenvalue weighted by atomic mass is 10.2. The van der Waals surface area contributed by atoms with Crippen LogP contribution < -0.4 is 10.6 Å². The molecule has 5 heteroatoms. The first-order valence-corrected chi connectivity index (χ1v) is 6.81. The van der Waals surface area contributed by atoms with Crippen molar-refractivity contribution in [2.75, 3.05) is 18.8 Å². The third kappa shape index (κ3) is 3.17. The van der Waals surface area contributed by atoms with E-state index in [2.05, 4.69) is 17.6 Å². The molecule has 0 aromatic heterocycles. The molecule has 0 atom stereocenters. The van der Waals surface area contributed by atoms with Crippen molar-refractivity contribution in [3.8, 4) is 0 Å². The van der Waals surface area contributed by atoms with Crippen molar-refractivity contribution in [1.82, 2.24) is 15.7 Å². The fourth-order valence-electron chi connectivity index (χ4n) is 1.38. The van der Waals surface area contributed by atoms with Gasteiger partial charge in [-0.3, -0.25) is 4.84 Å². The van der Waals surface area contributed by atoms with Gasteiger partial charge in [-0.1, -0.05) is 13.3 Å². The maximum atomic E-state index is 5.83. The third-order valence-corrected chi connectivity index (χ3v) is 3.57. The van der Waals surface area contributed by atoms with Crippen LogP contribution in [-0.2, 0) is 4.84 Å². The van der Waals surface area contributed by atoms with Gasteiger partial charge in [-0.05, 0) is 12.2 Å². The molecule has 0 aromatic rings. The highest BCUT2D eigenvalue weighted by molar-refractivity contribution is 8.02. The molecule has 2 N–H and O–H groups in total. The Bertz CT molecular complexity index is 276. The van der Waals surface area contributed by atoms with Crippen molar-refractivity contribution >= 4 is 11.8 Å². The molecule has 0 bridgehead atoms. The van der Waals surface area contributed by atoms with E-state index in [1.807, 2.05) is 35.4 Å². The second-order valence-corrected chi connectivity index (χ2v) is 4.99. The molecular formula is C11H19N3OS. The van der Waals surface area contributed by atoms with Crippen LogP contribution in [0, 0.1) is 0 Å². The summed E-state index contributed by atoms with van der Waals surface area (Å²) in [5.41, 5.74) is 0. The second-order valence-electron chi connectivity index (χ2n) is 3.88. The molecule has 2 heterocycles. The lowest BCUT2D eigenvalue weighted by Crippen LogP contribution is -2.50. The minimum atomic E-state index is 0.318. The maximum absolute atomic E-state index is 5.83. The minimum absolute atomic E-state index is 0.318. The van der Waals surface area contributed by atoms with Crippen LogP contribution in [0.1, 0.15) is 19.8 Å². The van der Waals surface area contributed by atoms with Gasteiger partial charge in [-0.25, -0.2) is 5.06 Å². The van der Waals surface area contributed by atoms with Gasteiger partial charge >= 0.3 is 0 Å². The first-order chi connectivity index (χ1) is 7.90. The molecule has 1 fully saturated rings. The molecule has 2 rings (SSSR count). The molecule has 0 saturated carbocycles. The Morgan fingerprint density at radius 2 is 2.44 bits per heavy atom. The summed E-state index contributed by atoms with van der Waals surface area (Å²) in [6.45, 7) is 4.11. The quantitative estimate of drug-likeness (QED) is 0.691. The SMILES string of the molecule is CCCCSC1=CNC=CN1OC1CNC1. The first-order valence-electron chi connectivity index (χ1n) is 5.82. The van der Waals surface area contributed by atoms with Gasteiger partial charge in [0, 0.05) is 25.5 Å². The lowest BCUT2D eigenvalue weighted by Gasteiger charge is -2.33. The van der Waals surface area contributed by atoms with Crippen molar-refractivity contribution in [2.24, 2.45) is 0 Å². The van der Waals surface area contributed by atoms with E-state index in [9.17, 15) is 0 Å². The summed E-state index contributed by atoms with van der Waals surface area (Å²) < 4.78 is 0. The molecule has 90 valence electrons. The number of nitrogens with one attached hydrogen (secondary N) is 2. The Kier molecular flexibility index (Phi) is 4.56. The van der Waals surface area contributed by atoms with Crippen LogP contribution in [0.25, 0.3) is 0 Å². The lowest BCUT2D eigenvalue weighted by molar-refractivity contribution is -0.151. The van der Waals surface area contributed by atoms with Gasteiger partial charge in [-0.15, -0.1) is 11.8 Å². The largest absolute Gasteiger partial charge is 0.364 e. The van der Waals surface area contributed by atoms with Crippen LogP contribution in [0.5, 0.6) is 0 Å². The highest BCUT2D eigenvalue weighted by Gasteiger charge is 2.22. The van der Waals surface area contributed by atoms with Crippen LogP contribution in [0.15, 0.2) is 23.6 Å². The molecule has 2 aliphatic heterocycles. The summed E-state index contributed by atoms with van der Waals surface area (Å²) in [5.74, 6) is 1.14. The van der Waals surface area contributed by atoms with Gasteiger partial charge in [0.25, 0.3) is 0 Å². The number of hydroxylamine groups is 2. The fraction of sp³-hybridized carbons (Fsp3) is 0.636. The van der Waals surface area contributed by atoms with Crippen LogP contribution >= 0.6 is 11.8 Å². The van der Waals surface area contributed by atoms with Crippen molar-refractivity contribution in [2.45, 2.75) is 25.9 Å². The molecule has 0 amide bonds. The van der Waals surface area contributed by atoms with Crippen molar-refractivity contribution in [1.29, 1.82) is 0 Å². The normalized spacial score (nSPS) is 20.3. The zero-order chi connectivity index (χ0) is 11.2. The van der Waals surface area contributed by atoms with Crippen molar-refractivity contribution in [3.63, 3.8) is 0 Å². The highest BCUT2D eigenvalue weighted by Crippen LogP contribution is 2.24. The number of hydrogen-bond acceptors (Lipinski definition) is 5. The summed E-state index contributed by atoms with van der Waals surface area (Å²) in [6.07, 6.45) is 8.61. The van der Waals surface area contributed by atoms with Crippen LogP contribution in [0.3, 0.4) is 0 Å². The van der Waals surface area contributed by atoms with Crippen LogP contribution in [0.4, 0.5) is 0 Å². The monoisotopic (exact) mass is 241 g/mol. The predicted octanol–water partition coefficient (Wildman–Crippen LogP) is 1.60. The first kappa shape index (κ1) is 11.8. The molecule has 4 nitrogen and oxygen atoms in total. The van der Waals surface area contributed by atoms with Gasteiger partial charge in [0.1, 0.15) is 11.1 Å². The van der Waals surface area contributed by atoms with E-state index < -0.39 is 0 Å². The molecule has 0 aliphatic carbocycles. The van der Waals surface area contributed by atoms with E-state index in [0.717, 1.165) is 23.9 Å². The average molecular weight is 241 g/mol. The van der Waals surface area contributed by atoms with Crippen LogP contribution in [-0.4, -0.2) is 30.0 Å². The van der Waals surface area contributed by atoms with E-state index >= 15 is 0 Å². The Morgan fingerprint density at radius 3 is 3.12 bits per heavy atom. The van der Waals surface area contributed by atoms with Crippen LogP contribution in [0.2, 0.25) is 0 Å². The molecule has 2 aliphatic rings. The van der Waals surface area contributed by atoms with E-state index in [1.54, 1.807) is 0 Å². The Morgan fingerprint density at radius 1 is 1.56 bits per heavy atom. The second kappa shape index (κ2) is 6.18. The van der Waals surface area contributed by atoms with Gasteiger partial charge in [0.2, 0.25) is 0 Å². The topological polar surface area (TPSA) is 36.5 Å². The number of unbranched alkanes of at least 4 members (excludes halogenated alkanes) is 1. The zero-order valence-corrected chi connectivity index (χ0v) is 10.4. The molecule has 16 heavy (non-hydrogen) atoms. The Labute approximate surface area is 101 Å². The number of rotatable bonds is 6. The van der Waals surface area contributed by atoms with E-state index in [4.69, 9.17) is 4.84 Å². The maximum Gasteiger partial charge on any atom is 0.118 e. The Hall–Kier alpha value is -0.650. The standard InChI is InChI=1S/C11H19N3OS/c1-2-3-6-16-11-9-12-4-5-14(11)15-10-7-13-8-10/h4-5,9-10,12-13H,2-3,6-8H2,1H3. The number of thioether (sulfide) groups is 1. The number of nitrogens with zero attached hydrogens (tertiary/aromatic N) is 1. The summed E-state index contributed by atoms with van der Waals surface area (Å²) in [4.78, 5) is 5.83. The van der Waals surface area contributed by atoms with Gasteiger partial charge in [0.15, 0.2) is 0 Å². The van der Waals surface area contributed by atoms with Crippen molar-refractivity contribution < 1.29 is 4.84 Å². The summed E-state index contributed by atoms with van der Waals surface area (Å²) in [5, 5.41) is 9.32. The number of hydrogen-bond donors (Lipinski definition) is 2. The zero-order valence-electron chi connectivity index (χ0n) is 9.61. The van der Waals surface area contributed by atoms with Gasteiger partial charge in [-0.2, -0.15) is 0 Å². The molecule has 0 unspecified atom stereocenters. The Balaban J connectivity index is 1.79. The van der Waals surface area contributed by atoms with E-state index in [1.165, 1.54) is 12.8 Å². The third-order valence-electron chi connectivity index (χ3n) is 2.48. The summed E-state index contributed by atoms with van der Waals surface area (Å²) >= 11 is 1.83. The van der Waals surface area contributed by atoms with E-state index in [-0.39, 0.29) is 0 Å². The van der Waals surface area contributed by atoms with Crippen molar-refractivity contribution in [3.05, 3.63) is 23.6 Å². The predicted molar refractivity (Wildman–Crippen MR) is 67.3 cm³/mol. The minimum Gasteiger partial charge on any atom is -0.364 e. The van der Waals surface area contributed by atoms with E-state index in [0.29, 0.717) is 6.10 Å². The summed E-state index contributed by atoms with van der Waals surface area (Å²) in [7, 11) is 0. The molecule has 0 spiro atoms. The smallest absolute Gasteiger partial charge is 0.118 e. The molecule has 1 saturated heterocycles. The highest BCUT2D eigenvalue weighted by atomic mass is 32.2. The fourth-order valence-corrected chi connectivity index (χ4v) is 2.40. The molecule has 0 radical (unpaired) electrons. The summed E-state index contributed by atoms with van der Waals surface area (Å²) in [6, 6.07) is 0. The van der Waals surface area contributed by atoms with Gasteiger partial charge in [0.05, 0.1) is 6.20 Å².